The van der Waals surface area contributed by atoms with Crippen LogP contribution in [0.3, 0.4) is 0 Å². The van der Waals surface area contributed by atoms with E-state index in [0.717, 1.165) is 18.3 Å². The lowest BCUT2D eigenvalue weighted by Gasteiger charge is -2.08. The Morgan fingerprint density at radius 3 is 2.67 bits per heavy atom. The summed E-state index contributed by atoms with van der Waals surface area (Å²) in [5, 5.41) is 8.08. The lowest BCUT2D eigenvalue weighted by Crippen LogP contribution is -2.30. The highest BCUT2D eigenvalue weighted by atomic mass is 19.4. The monoisotopic (exact) mass is 345 g/mol. The van der Waals surface area contributed by atoms with Crippen LogP contribution in [-0.4, -0.2) is 31.2 Å². The van der Waals surface area contributed by atoms with Crippen molar-refractivity contribution in [3.8, 4) is 0 Å². The average Bonchev–Trinajstić information content (AvgIpc) is 2.49. The van der Waals surface area contributed by atoms with Gasteiger partial charge in [0, 0.05) is 12.2 Å². The Hall–Kier alpha value is -2.58. The number of amides is 2. The van der Waals surface area contributed by atoms with Crippen molar-refractivity contribution in [2.75, 3.05) is 18.5 Å². The SMILES string of the molecule is CC(C)CNC(=O)CO/N=C/C(=O)Nc1cccc(C(F)(F)F)c1. The molecule has 0 bridgehead atoms. The molecule has 132 valence electrons. The van der Waals surface area contributed by atoms with Gasteiger partial charge in [-0.1, -0.05) is 25.1 Å². The molecule has 0 aliphatic heterocycles. The van der Waals surface area contributed by atoms with Crippen LogP contribution >= 0.6 is 0 Å². The standard InChI is InChI=1S/C15H18F3N3O3/c1-10(2)7-19-14(23)9-24-20-8-13(22)21-12-5-3-4-11(6-12)15(16,17)18/h3-6,8,10H,7,9H2,1-2H3,(H,19,23)(H,21,22)/b20-8+. The number of anilines is 1. The number of benzene rings is 1. The molecule has 0 unspecified atom stereocenters. The van der Waals surface area contributed by atoms with Crippen molar-refractivity contribution >= 4 is 23.7 Å². The molecule has 24 heavy (non-hydrogen) atoms. The molecule has 0 atom stereocenters. The number of rotatable bonds is 7. The van der Waals surface area contributed by atoms with E-state index in [0.29, 0.717) is 6.54 Å². The molecule has 0 saturated carbocycles. The van der Waals surface area contributed by atoms with Gasteiger partial charge in [-0.2, -0.15) is 13.2 Å². The van der Waals surface area contributed by atoms with Gasteiger partial charge in [0.25, 0.3) is 11.8 Å². The first-order valence-corrected chi connectivity index (χ1v) is 7.08. The molecule has 6 nitrogen and oxygen atoms in total. The molecule has 0 spiro atoms. The number of hydrogen-bond donors (Lipinski definition) is 2. The largest absolute Gasteiger partial charge is 0.416 e. The zero-order valence-corrected chi connectivity index (χ0v) is 13.2. The summed E-state index contributed by atoms with van der Waals surface area (Å²) in [6.07, 6.45) is -3.77. The summed E-state index contributed by atoms with van der Waals surface area (Å²) in [7, 11) is 0. The fourth-order valence-electron chi connectivity index (χ4n) is 1.50. The predicted octanol–water partition coefficient (Wildman–Crippen LogP) is 2.42. The van der Waals surface area contributed by atoms with Crippen molar-refractivity contribution in [1.29, 1.82) is 0 Å². The highest BCUT2D eigenvalue weighted by Gasteiger charge is 2.30. The second kappa shape index (κ2) is 8.90. The maximum atomic E-state index is 12.5. The third-order valence-corrected chi connectivity index (χ3v) is 2.61. The molecule has 2 amide bonds. The highest BCUT2D eigenvalue weighted by molar-refractivity contribution is 6.31. The normalized spacial score (nSPS) is 11.6. The van der Waals surface area contributed by atoms with E-state index in [1.165, 1.54) is 12.1 Å². The zero-order valence-electron chi connectivity index (χ0n) is 13.2. The molecule has 1 aromatic rings. The number of alkyl halides is 3. The van der Waals surface area contributed by atoms with Gasteiger partial charge in [0.15, 0.2) is 6.61 Å². The lowest BCUT2D eigenvalue weighted by atomic mass is 10.2. The van der Waals surface area contributed by atoms with E-state index in [9.17, 15) is 22.8 Å². The Bertz CT molecular complexity index is 601. The number of nitrogens with zero attached hydrogens (tertiary/aromatic N) is 1. The van der Waals surface area contributed by atoms with Gasteiger partial charge in [0.1, 0.15) is 6.21 Å². The maximum absolute atomic E-state index is 12.5. The number of nitrogens with one attached hydrogen (secondary N) is 2. The number of carbonyl (C=O) groups is 2. The molecular formula is C15H18F3N3O3. The Kier molecular flexibility index (Phi) is 7.22. The van der Waals surface area contributed by atoms with E-state index in [-0.39, 0.29) is 24.1 Å². The molecule has 0 saturated heterocycles. The van der Waals surface area contributed by atoms with Crippen molar-refractivity contribution in [2.45, 2.75) is 20.0 Å². The second-order valence-electron chi connectivity index (χ2n) is 5.27. The van der Waals surface area contributed by atoms with E-state index in [1.807, 2.05) is 13.8 Å². The van der Waals surface area contributed by atoms with Gasteiger partial charge < -0.3 is 15.5 Å². The van der Waals surface area contributed by atoms with E-state index < -0.39 is 17.6 Å². The zero-order chi connectivity index (χ0) is 18.2. The van der Waals surface area contributed by atoms with Crippen LogP contribution in [0.1, 0.15) is 19.4 Å². The van der Waals surface area contributed by atoms with E-state index >= 15 is 0 Å². The highest BCUT2D eigenvalue weighted by Crippen LogP contribution is 2.30. The molecule has 1 aromatic carbocycles. The Morgan fingerprint density at radius 1 is 1.33 bits per heavy atom. The first kappa shape index (κ1) is 19.5. The van der Waals surface area contributed by atoms with Crippen LogP contribution < -0.4 is 10.6 Å². The average molecular weight is 345 g/mol. The molecular weight excluding hydrogens is 327 g/mol. The van der Waals surface area contributed by atoms with Crippen LogP contribution in [0.5, 0.6) is 0 Å². The summed E-state index contributed by atoms with van der Waals surface area (Å²) < 4.78 is 37.6. The molecule has 0 radical (unpaired) electrons. The molecule has 1 rings (SSSR count). The summed E-state index contributed by atoms with van der Waals surface area (Å²) in [6.45, 7) is 3.98. The van der Waals surface area contributed by atoms with E-state index in [2.05, 4.69) is 20.6 Å². The third kappa shape index (κ3) is 7.61. The first-order valence-electron chi connectivity index (χ1n) is 7.08. The number of carbonyl (C=O) groups excluding carboxylic acids is 2. The van der Waals surface area contributed by atoms with Gasteiger partial charge in [-0.05, 0) is 24.1 Å². The van der Waals surface area contributed by atoms with E-state index in [1.54, 1.807) is 0 Å². The number of oxime groups is 1. The summed E-state index contributed by atoms with van der Waals surface area (Å²) in [5.74, 6) is -0.883. The van der Waals surface area contributed by atoms with Crippen molar-refractivity contribution in [1.82, 2.24) is 5.32 Å². The summed E-state index contributed by atoms with van der Waals surface area (Å²) in [4.78, 5) is 27.4. The number of halogens is 3. The first-order chi connectivity index (χ1) is 11.2. The van der Waals surface area contributed by atoms with Crippen LogP contribution in [0.25, 0.3) is 0 Å². The third-order valence-electron chi connectivity index (χ3n) is 2.61. The Morgan fingerprint density at radius 2 is 2.04 bits per heavy atom. The van der Waals surface area contributed by atoms with Gasteiger partial charge in [-0.3, -0.25) is 9.59 Å². The van der Waals surface area contributed by atoms with Gasteiger partial charge in [-0.25, -0.2) is 0 Å². The molecule has 9 heteroatoms. The summed E-state index contributed by atoms with van der Waals surface area (Å²) >= 11 is 0. The van der Waals surface area contributed by atoms with Crippen LogP contribution in [0.2, 0.25) is 0 Å². The summed E-state index contributed by atoms with van der Waals surface area (Å²) in [5.41, 5.74) is -0.911. The van der Waals surface area contributed by atoms with Crippen molar-refractivity contribution in [3.63, 3.8) is 0 Å². The van der Waals surface area contributed by atoms with Gasteiger partial charge in [0.05, 0.1) is 5.56 Å². The minimum absolute atomic E-state index is 0.0315. The van der Waals surface area contributed by atoms with Crippen LogP contribution in [0.4, 0.5) is 18.9 Å². The predicted molar refractivity (Wildman–Crippen MR) is 82.4 cm³/mol. The maximum Gasteiger partial charge on any atom is 0.416 e. The Balaban J connectivity index is 2.42. The van der Waals surface area contributed by atoms with Gasteiger partial charge in [-0.15, -0.1) is 0 Å². The molecule has 0 fully saturated rings. The van der Waals surface area contributed by atoms with Gasteiger partial charge in [0.2, 0.25) is 0 Å². The minimum Gasteiger partial charge on any atom is -0.386 e. The second-order valence-corrected chi connectivity index (χ2v) is 5.27. The summed E-state index contributed by atoms with van der Waals surface area (Å²) in [6, 6.07) is 4.17. The molecule has 0 aliphatic carbocycles. The molecule has 0 aliphatic rings. The molecule has 0 aromatic heterocycles. The Labute approximate surface area is 137 Å². The molecule has 0 heterocycles. The fourth-order valence-corrected chi connectivity index (χ4v) is 1.50. The lowest BCUT2D eigenvalue weighted by molar-refractivity contribution is -0.137. The number of hydrogen-bond acceptors (Lipinski definition) is 4. The van der Waals surface area contributed by atoms with Crippen LogP contribution in [0, 0.1) is 5.92 Å². The van der Waals surface area contributed by atoms with Crippen molar-refractivity contribution in [2.24, 2.45) is 11.1 Å². The van der Waals surface area contributed by atoms with Crippen LogP contribution in [-0.2, 0) is 20.6 Å². The molecule has 2 N–H and O–H groups in total. The van der Waals surface area contributed by atoms with E-state index in [4.69, 9.17) is 0 Å². The quantitative estimate of drug-likeness (QED) is 0.588. The van der Waals surface area contributed by atoms with Crippen molar-refractivity contribution in [3.05, 3.63) is 29.8 Å². The smallest absolute Gasteiger partial charge is 0.386 e. The van der Waals surface area contributed by atoms with Crippen LogP contribution in [0.15, 0.2) is 29.4 Å². The topological polar surface area (TPSA) is 79.8 Å². The van der Waals surface area contributed by atoms with Crippen molar-refractivity contribution < 1.29 is 27.6 Å². The minimum atomic E-state index is -4.50. The van der Waals surface area contributed by atoms with Gasteiger partial charge >= 0.3 is 6.18 Å². The fraction of sp³-hybridized carbons (Fsp3) is 0.400.